The number of nitrogens with zero attached hydrogens (tertiary/aromatic N) is 2. The molecule has 2 amide bonds. The highest BCUT2D eigenvalue weighted by molar-refractivity contribution is 5.95. The van der Waals surface area contributed by atoms with Crippen molar-refractivity contribution in [2.45, 2.75) is 97.7 Å². The van der Waals surface area contributed by atoms with Gasteiger partial charge in [-0.1, -0.05) is 67.6 Å². The molecule has 2 N–H and O–H groups in total. The highest BCUT2D eigenvalue weighted by Gasteiger charge is 2.44. The van der Waals surface area contributed by atoms with E-state index in [0.717, 1.165) is 111 Å². The molecule has 9 nitrogen and oxygen atoms in total. The molecule has 4 aliphatic rings. The number of benzene rings is 2. The Morgan fingerprint density at radius 1 is 0.706 bits per heavy atom. The predicted octanol–water partition coefficient (Wildman–Crippen LogP) is 7.99. The number of ketones is 1. The summed E-state index contributed by atoms with van der Waals surface area (Å²) in [5, 5.41) is 17.9. The number of likely N-dealkylation sites (tertiary alicyclic amines) is 2. The van der Waals surface area contributed by atoms with Gasteiger partial charge in [0.2, 0.25) is 0 Å². The molecular formula is C42H62N2O7. The smallest absolute Gasteiger partial charge is 0.410 e. The number of aliphatic hydroxyl groups excluding tert-OH is 2. The molecule has 2 saturated carbocycles. The fourth-order valence-electron chi connectivity index (χ4n) is 7.68. The van der Waals surface area contributed by atoms with Gasteiger partial charge in [-0.25, -0.2) is 9.59 Å². The Bertz CT molecular complexity index is 1330. The van der Waals surface area contributed by atoms with Crippen LogP contribution in [0.5, 0.6) is 0 Å². The van der Waals surface area contributed by atoms with Gasteiger partial charge in [-0.3, -0.25) is 4.79 Å². The quantitative estimate of drug-likeness (QED) is 0.241. The molecule has 51 heavy (non-hydrogen) atoms. The van der Waals surface area contributed by atoms with E-state index < -0.39 is 5.60 Å². The van der Waals surface area contributed by atoms with Gasteiger partial charge in [-0.05, 0) is 113 Å². The number of hydrogen-bond acceptors (Lipinski definition) is 7. The molecule has 2 aliphatic heterocycles. The van der Waals surface area contributed by atoms with Crippen LogP contribution in [0.2, 0.25) is 0 Å². The van der Waals surface area contributed by atoms with Crippen molar-refractivity contribution in [3.05, 3.63) is 71.8 Å². The highest BCUT2D eigenvalue weighted by atomic mass is 16.6. The second-order valence-corrected chi connectivity index (χ2v) is 15.7. The molecule has 0 radical (unpaired) electrons. The Labute approximate surface area is 305 Å². The van der Waals surface area contributed by atoms with Crippen LogP contribution in [0.15, 0.2) is 60.7 Å². The normalized spacial score (nSPS) is 23.2. The average Bonchev–Trinajstić information content (AvgIpc) is 4.08. The highest BCUT2D eigenvalue weighted by Crippen LogP contribution is 2.50. The maximum Gasteiger partial charge on any atom is 0.410 e. The summed E-state index contributed by atoms with van der Waals surface area (Å²) in [7, 11) is 0. The van der Waals surface area contributed by atoms with E-state index in [4.69, 9.17) is 19.7 Å². The minimum atomic E-state index is -0.406. The maximum atomic E-state index is 12.1. The van der Waals surface area contributed by atoms with Crippen LogP contribution in [0, 0.1) is 35.5 Å². The number of aliphatic hydroxyl groups is 2. The summed E-state index contributed by atoms with van der Waals surface area (Å²) >= 11 is 0. The van der Waals surface area contributed by atoms with E-state index in [0.29, 0.717) is 26.2 Å². The summed E-state index contributed by atoms with van der Waals surface area (Å²) in [5.41, 5.74) is 1.43. The van der Waals surface area contributed by atoms with Crippen LogP contribution < -0.4 is 0 Å². The summed E-state index contributed by atoms with van der Waals surface area (Å²) in [6.45, 7) is 11.8. The van der Waals surface area contributed by atoms with Crippen molar-refractivity contribution in [3.8, 4) is 0 Å². The Balaban J connectivity index is 0.000000183. The number of Topliss-reactive ketones (excluding diaryl/α,β-unsaturated/α-hetero) is 1. The lowest BCUT2D eigenvalue weighted by Crippen LogP contribution is -2.42. The zero-order chi connectivity index (χ0) is 36.8. The number of piperidine rings is 2. The topological polar surface area (TPSA) is 117 Å². The monoisotopic (exact) mass is 706 g/mol. The molecule has 0 bridgehead atoms. The summed E-state index contributed by atoms with van der Waals surface area (Å²) in [6.07, 6.45) is 9.00. The lowest BCUT2D eigenvalue weighted by atomic mass is 9.91. The first-order valence-electron chi connectivity index (χ1n) is 19.3. The molecular weight excluding hydrogens is 644 g/mol. The van der Waals surface area contributed by atoms with Crippen LogP contribution in [-0.2, 0) is 16.1 Å². The number of amides is 2. The number of rotatable bonds is 10. The lowest BCUT2D eigenvalue weighted by molar-refractivity contribution is 0.0173. The largest absolute Gasteiger partial charge is 0.445 e. The molecule has 6 rings (SSSR count). The Hall–Kier alpha value is -3.43. The van der Waals surface area contributed by atoms with Crippen molar-refractivity contribution in [2.24, 2.45) is 35.5 Å². The van der Waals surface area contributed by atoms with Crippen LogP contribution >= 0.6 is 0 Å². The third-order valence-corrected chi connectivity index (χ3v) is 10.8. The van der Waals surface area contributed by atoms with E-state index in [1.165, 1.54) is 12.8 Å². The summed E-state index contributed by atoms with van der Waals surface area (Å²) in [6, 6.07) is 19.1. The molecule has 2 aromatic rings. The first-order chi connectivity index (χ1) is 24.5. The molecule has 4 atom stereocenters. The molecule has 2 aromatic carbocycles. The van der Waals surface area contributed by atoms with E-state index in [1.807, 2.05) is 98.2 Å². The van der Waals surface area contributed by atoms with Crippen LogP contribution in [-0.4, -0.2) is 83.0 Å². The van der Waals surface area contributed by atoms with E-state index in [1.54, 1.807) is 0 Å². The zero-order valence-corrected chi connectivity index (χ0v) is 31.4. The van der Waals surface area contributed by atoms with Gasteiger partial charge >= 0.3 is 12.2 Å². The van der Waals surface area contributed by atoms with Gasteiger partial charge in [-0.2, -0.15) is 0 Å². The van der Waals surface area contributed by atoms with Crippen molar-refractivity contribution in [3.63, 3.8) is 0 Å². The second kappa shape index (κ2) is 20.0. The van der Waals surface area contributed by atoms with Gasteiger partial charge in [0, 0.05) is 51.4 Å². The fourth-order valence-corrected chi connectivity index (χ4v) is 7.68. The van der Waals surface area contributed by atoms with Crippen LogP contribution in [0.3, 0.4) is 0 Å². The Morgan fingerprint density at radius 3 is 1.59 bits per heavy atom. The summed E-state index contributed by atoms with van der Waals surface area (Å²) in [5.74, 6) is 4.74. The minimum absolute atomic E-state index is 0.173. The van der Waals surface area contributed by atoms with Crippen LogP contribution in [0.25, 0.3) is 0 Å². The van der Waals surface area contributed by atoms with Crippen molar-refractivity contribution >= 4 is 18.0 Å². The molecule has 0 spiro atoms. The molecule has 2 saturated heterocycles. The van der Waals surface area contributed by atoms with E-state index in [9.17, 15) is 14.4 Å². The number of carbonyl (C=O) groups is 3. The Morgan fingerprint density at radius 2 is 1.16 bits per heavy atom. The number of hydrogen-bond donors (Lipinski definition) is 2. The van der Waals surface area contributed by atoms with E-state index >= 15 is 0 Å². The van der Waals surface area contributed by atoms with Gasteiger partial charge in [0.1, 0.15) is 12.2 Å². The van der Waals surface area contributed by atoms with Gasteiger partial charge in [0.15, 0.2) is 5.78 Å². The predicted molar refractivity (Wildman–Crippen MR) is 199 cm³/mol. The van der Waals surface area contributed by atoms with Gasteiger partial charge in [0.05, 0.1) is 0 Å². The molecule has 4 fully saturated rings. The standard InChI is InChI=1S/C18H25NO3.C15H27NO3.C9H10O/c20-11-8-16-12-17(16)15-6-9-19(10-7-15)18(21)22-13-14-4-2-1-3-5-14;1-15(2,3)19-14(18)16-7-4-11(5-8-16)13-10-12(13)6-9-17;1-2-9(10)8-6-4-3-5-7-8/h1-5,15-17,20H,6-13H2;11-13,17H,4-10H2,1-3H3;3-7H,2H2,1H3. The van der Waals surface area contributed by atoms with Gasteiger partial charge in [-0.15, -0.1) is 0 Å². The maximum absolute atomic E-state index is 12.1. The molecule has 2 aliphatic carbocycles. The SMILES string of the molecule is CC(C)(C)OC(=O)N1CCC(C2CC2CCO)CC1.CCC(=O)c1ccccc1.O=C(OCc1ccccc1)N1CCC(C2CC2CCO)CC1. The number of ether oxygens (including phenoxy) is 2. The third kappa shape index (κ3) is 13.6. The molecule has 4 unspecified atom stereocenters. The second-order valence-electron chi connectivity index (χ2n) is 15.7. The lowest BCUT2D eigenvalue weighted by Gasteiger charge is -2.33. The summed E-state index contributed by atoms with van der Waals surface area (Å²) in [4.78, 5) is 38.7. The number of carbonyl (C=O) groups excluding carboxylic acids is 3. The first-order valence-corrected chi connectivity index (χ1v) is 19.3. The average molecular weight is 707 g/mol. The van der Waals surface area contributed by atoms with Crippen LogP contribution in [0.1, 0.15) is 101 Å². The fraction of sp³-hybridized carbons (Fsp3) is 0.643. The van der Waals surface area contributed by atoms with Gasteiger partial charge in [0.25, 0.3) is 0 Å². The van der Waals surface area contributed by atoms with Crippen molar-refractivity contribution in [2.75, 3.05) is 39.4 Å². The van der Waals surface area contributed by atoms with Crippen molar-refractivity contribution < 1.29 is 34.1 Å². The van der Waals surface area contributed by atoms with E-state index in [-0.39, 0.29) is 18.0 Å². The summed E-state index contributed by atoms with van der Waals surface area (Å²) < 4.78 is 10.8. The van der Waals surface area contributed by atoms with Crippen molar-refractivity contribution in [1.29, 1.82) is 0 Å². The Kier molecular flexibility index (Phi) is 15.8. The van der Waals surface area contributed by atoms with E-state index in [2.05, 4.69) is 0 Å². The zero-order valence-electron chi connectivity index (χ0n) is 31.4. The molecule has 9 heteroatoms. The molecule has 282 valence electrons. The van der Waals surface area contributed by atoms with Crippen LogP contribution in [0.4, 0.5) is 9.59 Å². The van der Waals surface area contributed by atoms with Gasteiger partial charge < -0.3 is 29.5 Å². The minimum Gasteiger partial charge on any atom is -0.445 e. The first kappa shape index (κ1) is 40.3. The molecule has 2 heterocycles. The molecule has 0 aromatic heterocycles. The van der Waals surface area contributed by atoms with Crippen molar-refractivity contribution in [1.82, 2.24) is 9.80 Å². The third-order valence-electron chi connectivity index (χ3n) is 10.8.